The Morgan fingerprint density at radius 1 is 1.39 bits per heavy atom. The topological polar surface area (TPSA) is 83.4 Å². The first-order valence-electron chi connectivity index (χ1n) is 7.09. The van der Waals surface area contributed by atoms with E-state index >= 15 is 0 Å². The van der Waals surface area contributed by atoms with Gasteiger partial charge in [0.1, 0.15) is 12.2 Å². The van der Waals surface area contributed by atoms with Crippen molar-refractivity contribution < 1.29 is 23.1 Å². The largest absolute Gasteiger partial charge is 0.406 e. The first-order chi connectivity index (χ1) is 10.6. The number of nitrogens with zero attached hydrogens (tertiary/aromatic N) is 1. The molecule has 0 aliphatic heterocycles. The Labute approximate surface area is 131 Å². The Kier molecular flexibility index (Phi) is 6.62. The fourth-order valence-electron chi connectivity index (χ4n) is 1.78. The molecule has 2 amide bonds. The second-order valence-electron chi connectivity index (χ2n) is 5.45. The van der Waals surface area contributed by atoms with Crippen LogP contribution < -0.4 is 16.2 Å². The van der Waals surface area contributed by atoms with Gasteiger partial charge in [-0.2, -0.15) is 13.2 Å². The quantitative estimate of drug-likeness (QED) is 0.743. The number of carbonyl (C=O) groups is 1. The molecule has 1 aromatic heterocycles. The van der Waals surface area contributed by atoms with E-state index in [1.54, 1.807) is 0 Å². The molecule has 0 spiro atoms. The lowest BCUT2D eigenvalue weighted by Gasteiger charge is -2.15. The predicted octanol–water partition coefficient (Wildman–Crippen LogP) is 1.94. The molecule has 1 rings (SSSR count). The van der Waals surface area contributed by atoms with E-state index in [9.17, 15) is 27.9 Å². The first-order valence-corrected chi connectivity index (χ1v) is 7.09. The minimum Gasteiger partial charge on any atom is -0.393 e. The first kappa shape index (κ1) is 19.0. The maximum Gasteiger partial charge on any atom is 0.406 e. The summed E-state index contributed by atoms with van der Waals surface area (Å²) in [4.78, 5) is 23.5. The van der Waals surface area contributed by atoms with Crippen LogP contribution in [0, 0.1) is 5.92 Å². The second-order valence-corrected chi connectivity index (χ2v) is 5.45. The van der Waals surface area contributed by atoms with Crippen LogP contribution in [0.2, 0.25) is 0 Å². The maximum atomic E-state index is 12.3. The number of hydrogen-bond acceptors (Lipinski definition) is 3. The summed E-state index contributed by atoms with van der Waals surface area (Å²) in [5, 5.41) is 14.2. The van der Waals surface area contributed by atoms with E-state index in [-0.39, 0.29) is 18.2 Å². The summed E-state index contributed by atoms with van der Waals surface area (Å²) in [6, 6.07) is 1.74. The number of aliphatic hydroxyl groups is 1. The summed E-state index contributed by atoms with van der Waals surface area (Å²) in [6.45, 7) is 2.41. The van der Waals surface area contributed by atoms with E-state index in [1.807, 2.05) is 13.8 Å². The van der Waals surface area contributed by atoms with Gasteiger partial charge in [0.05, 0.1) is 6.10 Å². The SMILES string of the molecule is CC(C)C(O)CCNC(=O)Nc1cccn(CC(F)(F)F)c1=O. The van der Waals surface area contributed by atoms with Gasteiger partial charge in [0, 0.05) is 12.7 Å². The monoisotopic (exact) mass is 335 g/mol. The van der Waals surface area contributed by atoms with Gasteiger partial charge in [0.25, 0.3) is 5.56 Å². The standard InChI is InChI=1S/C14H20F3N3O3/c1-9(2)11(21)5-6-18-13(23)19-10-4-3-7-20(12(10)22)8-14(15,16)17/h3-4,7,9,11,21H,5-6,8H2,1-2H3,(H2,18,19,23). The molecule has 23 heavy (non-hydrogen) atoms. The van der Waals surface area contributed by atoms with E-state index in [0.717, 1.165) is 6.20 Å². The molecule has 1 atom stereocenters. The average molecular weight is 335 g/mol. The molecule has 0 aromatic carbocycles. The van der Waals surface area contributed by atoms with Gasteiger partial charge in [-0.15, -0.1) is 0 Å². The van der Waals surface area contributed by atoms with Crippen LogP contribution in [-0.2, 0) is 6.54 Å². The molecule has 9 heteroatoms. The summed E-state index contributed by atoms with van der Waals surface area (Å²) in [7, 11) is 0. The number of halogens is 3. The lowest BCUT2D eigenvalue weighted by atomic mass is 10.0. The van der Waals surface area contributed by atoms with Crippen molar-refractivity contribution in [2.75, 3.05) is 11.9 Å². The van der Waals surface area contributed by atoms with Crippen molar-refractivity contribution in [1.29, 1.82) is 0 Å². The Morgan fingerprint density at radius 3 is 2.61 bits per heavy atom. The number of pyridine rings is 1. The fraction of sp³-hybridized carbons (Fsp3) is 0.571. The molecule has 0 saturated carbocycles. The van der Waals surface area contributed by atoms with E-state index < -0.39 is 30.4 Å². The van der Waals surface area contributed by atoms with E-state index in [1.165, 1.54) is 12.1 Å². The van der Waals surface area contributed by atoms with Crippen molar-refractivity contribution in [3.8, 4) is 0 Å². The molecule has 0 bridgehead atoms. The van der Waals surface area contributed by atoms with Crippen molar-refractivity contribution in [3.05, 3.63) is 28.7 Å². The zero-order valence-corrected chi connectivity index (χ0v) is 12.9. The van der Waals surface area contributed by atoms with Crippen LogP contribution in [0.15, 0.2) is 23.1 Å². The molecular weight excluding hydrogens is 315 g/mol. The summed E-state index contributed by atoms with van der Waals surface area (Å²) in [6.07, 6.45) is -3.77. The zero-order chi connectivity index (χ0) is 17.6. The van der Waals surface area contributed by atoms with Crippen molar-refractivity contribution in [1.82, 2.24) is 9.88 Å². The van der Waals surface area contributed by atoms with Crippen molar-refractivity contribution >= 4 is 11.7 Å². The Balaban J connectivity index is 2.62. The third-order valence-corrected chi connectivity index (χ3v) is 3.11. The Hall–Kier alpha value is -2.03. The smallest absolute Gasteiger partial charge is 0.393 e. The van der Waals surface area contributed by atoms with Crippen molar-refractivity contribution in [2.24, 2.45) is 5.92 Å². The zero-order valence-electron chi connectivity index (χ0n) is 12.9. The van der Waals surface area contributed by atoms with Crippen molar-refractivity contribution in [2.45, 2.75) is 39.1 Å². The van der Waals surface area contributed by atoms with E-state index in [4.69, 9.17) is 0 Å². The van der Waals surface area contributed by atoms with Crippen LogP contribution >= 0.6 is 0 Å². The highest BCUT2D eigenvalue weighted by Crippen LogP contribution is 2.16. The normalized spacial score (nSPS) is 13.0. The molecule has 0 radical (unpaired) electrons. The third-order valence-electron chi connectivity index (χ3n) is 3.11. The number of amides is 2. The summed E-state index contributed by atoms with van der Waals surface area (Å²) >= 11 is 0. The fourth-order valence-corrected chi connectivity index (χ4v) is 1.78. The molecular formula is C14H20F3N3O3. The van der Waals surface area contributed by atoms with Crippen LogP contribution in [0.4, 0.5) is 23.7 Å². The molecule has 1 unspecified atom stereocenters. The van der Waals surface area contributed by atoms with Gasteiger partial charge in [0.15, 0.2) is 0 Å². The number of anilines is 1. The van der Waals surface area contributed by atoms with Gasteiger partial charge >= 0.3 is 12.2 Å². The molecule has 130 valence electrons. The van der Waals surface area contributed by atoms with Gasteiger partial charge in [-0.05, 0) is 24.5 Å². The lowest BCUT2D eigenvalue weighted by molar-refractivity contribution is -0.141. The highest BCUT2D eigenvalue weighted by atomic mass is 19.4. The summed E-state index contributed by atoms with van der Waals surface area (Å²) in [5.74, 6) is 0.0450. The Morgan fingerprint density at radius 2 is 2.04 bits per heavy atom. The average Bonchev–Trinajstić information content (AvgIpc) is 2.41. The van der Waals surface area contributed by atoms with Gasteiger partial charge in [-0.1, -0.05) is 13.8 Å². The minimum absolute atomic E-state index is 0.0450. The molecule has 3 N–H and O–H groups in total. The van der Waals surface area contributed by atoms with Gasteiger partial charge < -0.3 is 20.3 Å². The van der Waals surface area contributed by atoms with Crippen LogP contribution in [0.25, 0.3) is 0 Å². The molecule has 0 fully saturated rings. The van der Waals surface area contributed by atoms with E-state index in [2.05, 4.69) is 10.6 Å². The van der Waals surface area contributed by atoms with Crippen LogP contribution in [-0.4, -0.2) is 34.5 Å². The number of aromatic nitrogens is 1. The third kappa shape index (κ3) is 6.72. The molecule has 0 aliphatic rings. The summed E-state index contributed by atoms with van der Waals surface area (Å²) < 4.78 is 37.5. The summed E-state index contributed by atoms with van der Waals surface area (Å²) in [5.41, 5.74) is -1.19. The highest BCUT2D eigenvalue weighted by Gasteiger charge is 2.28. The maximum absolute atomic E-state index is 12.3. The molecule has 0 saturated heterocycles. The molecule has 1 heterocycles. The number of carbonyl (C=O) groups excluding carboxylic acids is 1. The number of nitrogens with one attached hydrogen (secondary N) is 2. The number of urea groups is 1. The second kappa shape index (κ2) is 8.00. The van der Waals surface area contributed by atoms with Crippen LogP contribution in [0.1, 0.15) is 20.3 Å². The number of hydrogen-bond donors (Lipinski definition) is 3. The van der Waals surface area contributed by atoms with E-state index in [0.29, 0.717) is 11.0 Å². The van der Waals surface area contributed by atoms with Gasteiger partial charge in [-0.25, -0.2) is 4.79 Å². The number of rotatable bonds is 6. The molecule has 6 nitrogen and oxygen atoms in total. The number of alkyl halides is 3. The molecule has 0 aliphatic carbocycles. The van der Waals surface area contributed by atoms with Crippen molar-refractivity contribution in [3.63, 3.8) is 0 Å². The minimum atomic E-state index is -4.53. The Bertz CT molecular complexity index is 585. The van der Waals surface area contributed by atoms with Gasteiger partial charge in [0.2, 0.25) is 0 Å². The van der Waals surface area contributed by atoms with Crippen LogP contribution in [0.3, 0.4) is 0 Å². The van der Waals surface area contributed by atoms with Gasteiger partial charge in [-0.3, -0.25) is 4.79 Å². The highest BCUT2D eigenvalue weighted by molar-refractivity contribution is 5.88. The predicted molar refractivity (Wildman–Crippen MR) is 79.2 cm³/mol. The van der Waals surface area contributed by atoms with Crippen LogP contribution in [0.5, 0.6) is 0 Å². The lowest BCUT2D eigenvalue weighted by Crippen LogP contribution is -2.35. The number of aliphatic hydroxyl groups excluding tert-OH is 1. The molecule has 1 aromatic rings.